The van der Waals surface area contributed by atoms with E-state index >= 15 is 0 Å². The Labute approximate surface area is 300 Å². The fourth-order valence-corrected chi connectivity index (χ4v) is 5.80. The van der Waals surface area contributed by atoms with Gasteiger partial charge in [-0.05, 0) is 77.0 Å². The number of carbonyl (C=O) groups is 3. The van der Waals surface area contributed by atoms with E-state index in [1.165, 1.54) is 11.3 Å². The van der Waals surface area contributed by atoms with Gasteiger partial charge in [0.25, 0.3) is 0 Å². The number of aromatic nitrogens is 2. The number of nitrogens with one attached hydrogen (secondary N) is 4. The number of benzene rings is 2. The lowest BCUT2D eigenvalue weighted by molar-refractivity contribution is -0.136. The molecule has 0 saturated carbocycles. The maximum Gasteiger partial charge on any atom is 0.325 e. The summed E-state index contributed by atoms with van der Waals surface area (Å²) in [5, 5.41) is 20.3. The molecule has 0 aliphatic carbocycles. The summed E-state index contributed by atoms with van der Waals surface area (Å²) in [6.45, 7) is 13.3. The lowest BCUT2D eigenvalue weighted by atomic mass is 10.2. The molecule has 4 rings (SSSR count). The van der Waals surface area contributed by atoms with Gasteiger partial charge in [0.05, 0.1) is 46.7 Å². The zero-order valence-corrected chi connectivity index (χ0v) is 31.2. The summed E-state index contributed by atoms with van der Waals surface area (Å²) < 4.78 is 12.6. The summed E-state index contributed by atoms with van der Waals surface area (Å²) in [6, 6.07) is 10.3. The Morgan fingerprint density at radius 1 is 0.833 bits per heavy atom. The molecule has 0 atom stereocenters. The molecule has 12 nitrogen and oxygen atoms in total. The van der Waals surface area contributed by atoms with Crippen LogP contribution < -0.4 is 30.7 Å². The van der Waals surface area contributed by atoms with E-state index < -0.39 is 12.0 Å². The van der Waals surface area contributed by atoms with Gasteiger partial charge in [-0.25, -0.2) is 19.6 Å². The number of halogens is 2. The van der Waals surface area contributed by atoms with Gasteiger partial charge in [0, 0.05) is 0 Å². The van der Waals surface area contributed by atoms with E-state index in [0.29, 0.717) is 53.1 Å². The number of rotatable bonds is 12. The summed E-state index contributed by atoms with van der Waals surface area (Å²) in [5.41, 5.74) is 3.48. The molecular weight excluding hydrogens is 744 g/mol. The molecule has 48 heavy (non-hydrogen) atoms. The fraction of sp³-hybridized carbons (Fsp3) is 0.344. The van der Waals surface area contributed by atoms with Crippen LogP contribution in [-0.4, -0.2) is 46.3 Å². The van der Waals surface area contributed by atoms with E-state index in [4.69, 9.17) is 26.2 Å². The maximum absolute atomic E-state index is 12.2. The van der Waals surface area contributed by atoms with E-state index in [1.807, 2.05) is 58.0 Å². The highest BCUT2D eigenvalue weighted by Crippen LogP contribution is 2.30. The highest BCUT2D eigenvalue weighted by Gasteiger charge is 2.16. The van der Waals surface area contributed by atoms with Crippen LogP contribution in [0.2, 0.25) is 4.34 Å². The van der Waals surface area contributed by atoms with Gasteiger partial charge >= 0.3 is 18.0 Å². The fourth-order valence-electron chi connectivity index (χ4n) is 3.67. The number of carbonyl (C=O) groups excluding carboxylic acids is 2. The van der Waals surface area contributed by atoms with Crippen molar-refractivity contribution in [3.05, 3.63) is 67.5 Å². The van der Waals surface area contributed by atoms with Gasteiger partial charge in [0.1, 0.15) is 15.8 Å². The molecule has 0 radical (unpaired) electrons. The molecule has 0 bridgehead atoms. The van der Waals surface area contributed by atoms with Crippen LogP contribution in [0.3, 0.4) is 0 Å². The Morgan fingerprint density at radius 2 is 1.33 bits per heavy atom. The molecule has 0 aliphatic heterocycles. The first-order valence-electron chi connectivity index (χ1n) is 14.8. The topological polar surface area (TPSA) is 164 Å². The largest absolute Gasteiger partial charge is 0.491 e. The summed E-state index contributed by atoms with van der Waals surface area (Å²) in [6.07, 6.45) is 1.34. The zero-order chi connectivity index (χ0) is 35.4. The number of aliphatic carboxylic acids is 1. The van der Waals surface area contributed by atoms with E-state index in [1.54, 1.807) is 12.3 Å². The quantitative estimate of drug-likeness (QED) is 0.0950. The number of hydrogen-bond acceptors (Lipinski definition) is 9. The molecule has 16 heteroatoms. The van der Waals surface area contributed by atoms with E-state index in [2.05, 4.69) is 61.0 Å². The van der Waals surface area contributed by atoms with Gasteiger partial charge in [0.2, 0.25) is 0 Å². The second-order valence-corrected chi connectivity index (χ2v) is 15.4. The van der Waals surface area contributed by atoms with Crippen molar-refractivity contribution in [2.45, 2.75) is 48.0 Å². The number of thiazole rings is 2. The second-order valence-electron chi connectivity index (χ2n) is 11.3. The first-order valence-corrected chi connectivity index (χ1v) is 17.6. The number of carboxylic acid groups (broad SMARTS) is 1. The van der Waals surface area contributed by atoms with Crippen LogP contribution >= 0.6 is 50.2 Å². The molecule has 5 N–H and O–H groups in total. The normalized spacial score (nSPS) is 10.6. The first kappa shape index (κ1) is 38.5. The molecule has 2 aromatic heterocycles. The highest BCUT2D eigenvalue weighted by molar-refractivity contribution is 9.11. The predicted octanol–water partition coefficient (Wildman–Crippen LogP) is 9.30. The molecule has 0 fully saturated rings. The van der Waals surface area contributed by atoms with Gasteiger partial charge in [-0.2, -0.15) is 0 Å². The predicted molar refractivity (Wildman–Crippen MR) is 197 cm³/mol. The summed E-state index contributed by atoms with van der Waals surface area (Å²) in [4.78, 5) is 43.1. The van der Waals surface area contributed by atoms with Gasteiger partial charge < -0.3 is 25.2 Å². The second kappa shape index (κ2) is 18.6. The number of nitrogens with zero attached hydrogens (tertiary/aromatic N) is 2. The van der Waals surface area contributed by atoms with Crippen LogP contribution in [0.1, 0.15) is 44.5 Å². The number of aryl methyl sites for hydroxylation is 2. The standard InChI is InChI=1S/C17H20ClN3O4S.C15H18BrN3O2S/c1-9(2)8-25-13-6-10(3)4-5-11(13)19-16(24)21-17-20-12(7-14(22)23)15(18)26-17;1-9(2)8-21-12-6-10(3)4-5-11(12)18-14(20)19-15-17-7-13(16)22-15/h4-6,9H,7-8H2,1-3H3,(H,22,23)(H2,19,20,21,24);4-7,9H,8H2,1-3H3,(H2,17,18,19,20). The van der Waals surface area contributed by atoms with Crippen molar-refractivity contribution in [1.29, 1.82) is 0 Å². The number of carboxylic acids is 1. The molecule has 4 amide bonds. The molecule has 2 heterocycles. The van der Waals surface area contributed by atoms with Crippen LogP contribution in [0.25, 0.3) is 0 Å². The number of urea groups is 2. The van der Waals surface area contributed by atoms with E-state index in [9.17, 15) is 14.4 Å². The molecular formula is C32H38BrClN6O6S2. The van der Waals surface area contributed by atoms with Crippen LogP contribution in [0.5, 0.6) is 11.5 Å². The van der Waals surface area contributed by atoms with Crippen LogP contribution in [0, 0.1) is 25.7 Å². The first-order chi connectivity index (χ1) is 22.7. The van der Waals surface area contributed by atoms with Crippen molar-refractivity contribution in [3.8, 4) is 11.5 Å². The summed E-state index contributed by atoms with van der Waals surface area (Å²) >= 11 is 11.6. The average Bonchev–Trinajstić information content (AvgIpc) is 3.56. The van der Waals surface area contributed by atoms with Gasteiger partial charge in [0.15, 0.2) is 10.3 Å². The number of amides is 4. The minimum absolute atomic E-state index is 0.218. The number of anilines is 4. The molecule has 258 valence electrons. The smallest absolute Gasteiger partial charge is 0.325 e. The van der Waals surface area contributed by atoms with Crippen LogP contribution in [0.15, 0.2) is 46.4 Å². The Balaban J connectivity index is 0.000000264. The average molecular weight is 782 g/mol. The molecule has 0 saturated heterocycles. The number of hydrogen-bond donors (Lipinski definition) is 5. The van der Waals surface area contributed by atoms with Crippen LogP contribution in [-0.2, 0) is 11.2 Å². The van der Waals surface area contributed by atoms with Crippen molar-refractivity contribution in [2.75, 3.05) is 34.5 Å². The molecule has 0 spiro atoms. The van der Waals surface area contributed by atoms with Crippen molar-refractivity contribution in [1.82, 2.24) is 9.97 Å². The number of ether oxygens (including phenoxy) is 2. The van der Waals surface area contributed by atoms with Crippen molar-refractivity contribution >= 4 is 89.9 Å². The maximum atomic E-state index is 12.2. The van der Waals surface area contributed by atoms with Gasteiger partial charge in [-0.1, -0.05) is 74.1 Å². The third-order valence-electron chi connectivity index (χ3n) is 5.80. The molecule has 0 unspecified atom stereocenters. The van der Waals surface area contributed by atoms with E-state index in [0.717, 1.165) is 26.3 Å². The minimum atomic E-state index is -1.04. The monoisotopic (exact) mass is 780 g/mol. The van der Waals surface area contributed by atoms with Crippen molar-refractivity contribution in [3.63, 3.8) is 0 Å². The highest BCUT2D eigenvalue weighted by atomic mass is 79.9. The molecule has 4 aromatic rings. The Hall–Kier alpha value is -3.92. The molecule has 0 aliphatic rings. The molecule has 2 aromatic carbocycles. The third kappa shape index (κ3) is 13.3. The van der Waals surface area contributed by atoms with Crippen molar-refractivity contribution in [2.24, 2.45) is 11.8 Å². The van der Waals surface area contributed by atoms with Gasteiger partial charge in [-0.3, -0.25) is 15.4 Å². The third-order valence-corrected chi connectivity index (χ3v) is 8.44. The summed E-state index contributed by atoms with van der Waals surface area (Å²) in [7, 11) is 0. The lowest BCUT2D eigenvalue weighted by Crippen LogP contribution is -2.20. The zero-order valence-electron chi connectivity index (χ0n) is 27.3. The van der Waals surface area contributed by atoms with Crippen molar-refractivity contribution < 1.29 is 29.0 Å². The summed E-state index contributed by atoms with van der Waals surface area (Å²) in [5.74, 6) is 0.971. The lowest BCUT2D eigenvalue weighted by Gasteiger charge is -2.14. The minimum Gasteiger partial charge on any atom is -0.491 e. The van der Waals surface area contributed by atoms with E-state index in [-0.39, 0.29) is 27.6 Å². The Bertz CT molecular complexity index is 1710. The Morgan fingerprint density at radius 3 is 1.77 bits per heavy atom. The van der Waals surface area contributed by atoms with Crippen LogP contribution in [0.4, 0.5) is 31.2 Å². The SMILES string of the molecule is Cc1ccc(NC(=O)Nc2nc(CC(=O)O)c(Cl)s2)c(OCC(C)C)c1.Cc1ccc(NC(=O)Nc2ncc(Br)s2)c(OCC(C)C)c1. The van der Waals surface area contributed by atoms with Gasteiger partial charge in [-0.15, -0.1) is 0 Å². The Kier molecular flexibility index (Phi) is 14.9.